The molecule has 0 unspecified atom stereocenters. The van der Waals surface area contributed by atoms with Crippen LogP contribution in [0.4, 0.5) is 13.2 Å². The van der Waals surface area contributed by atoms with Crippen LogP contribution in [0.2, 0.25) is 0 Å². The molecule has 0 rings (SSSR count). The molecule has 0 saturated heterocycles. The molecule has 0 radical (unpaired) electrons. The molecule has 70 valence electrons. The summed E-state index contributed by atoms with van der Waals surface area (Å²) in [5.41, 5.74) is -0.880. The van der Waals surface area contributed by atoms with Gasteiger partial charge in [-0.2, -0.15) is 13.2 Å². The summed E-state index contributed by atoms with van der Waals surface area (Å²) in [6.45, 7) is 1.32. The molecule has 0 aromatic rings. The van der Waals surface area contributed by atoms with E-state index in [9.17, 15) is 18.0 Å². The maximum absolute atomic E-state index is 11.9. The molecule has 0 fully saturated rings. The number of alkyl halides is 3. The van der Waals surface area contributed by atoms with Crippen molar-refractivity contribution in [1.82, 2.24) is 0 Å². The number of rotatable bonds is 2. The summed E-state index contributed by atoms with van der Waals surface area (Å²) in [4.78, 5) is 10.4. The smallest absolute Gasteiger partial charge is 0.412 e. The number of methoxy groups -OCH3 is 1. The Labute approximate surface area is 68.0 Å². The molecule has 0 N–H and O–H groups in total. The van der Waals surface area contributed by atoms with E-state index in [4.69, 9.17) is 0 Å². The lowest BCUT2D eigenvalue weighted by molar-refractivity contribution is -0.136. The normalized spacial score (nSPS) is 12.9. The summed E-state index contributed by atoms with van der Waals surface area (Å²) >= 11 is 0. The Balaban J connectivity index is 4.55. The third kappa shape index (κ3) is 3.41. The largest absolute Gasteiger partial charge is 0.466 e. The number of halogens is 3. The van der Waals surface area contributed by atoms with Crippen LogP contribution in [-0.2, 0) is 9.53 Å². The summed E-state index contributed by atoms with van der Waals surface area (Å²) < 4.78 is 39.9. The van der Waals surface area contributed by atoms with E-state index in [1.54, 1.807) is 0 Å². The molecule has 0 amide bonds. The SMILES string of the molecule is CC/C(=C/C(=O)OC)C(F)(F)F. The highest BCUT2D eigenvalue weighted by molar-refractivity contribution is 5.82. The lowest BCUT2D eigenvalue weighted by Crippen LogP contribution is -2.13. The number of esters is 1. The monoisotopic (exact) mass is 182 g/mol. The molecule has 0 bridgehead atoms. The first-order valence-corrected chi connectivity index (χ1v) is 3.27. The number of hydrogen-bond acceptors (Lipinski definition) is 2. The van der Waals surface area contributed by atoms with Gasteiger partial charge in [0.1, 0.15) is 0 Å². The number of hydrogen-bond donors (Lipinski definition) is 0. The van der Waals surface area contributed by atoms with Crippen LogP contribution in [0.3, 0.4) is 0 Å². The van der Waals surface area contributed by atoms with Crippen molar-refractivity contribution in [3.05, 3.63) is 11.6 Å². The molecule has 0 spiro atoms. The first kappa shape index (κ1) is 11.0. The van der Waals surface area contributed by atoms with Gasteiger partial charge in [0.2, 0.25) is 0 Å². The highest BCUT2D eigenvalue weighted by Gasteiger charge is 2.32. The molecule has 0 aliphatic heterocycles. The quantitative estimate of drug-likeness (QED) is 0.482. The van der Waals surface area contributed by atoms with E-state index in [0.29, 0.717) is 6.08 Å². The van der Waals surface area contributed by atoms with Crippen LogP contribution >= 0.6 is 0 Å². The highest BCUT2D eigenvalue weighted by atomic mass is 19.4. The van der Waals surface area contributed by atoms with Crippen LogP contribution in [-0.4, -0.2) is 19.3 Å². The molecule has 2 nitrogen and oxygen atoms in total. The Morgan fingerprint density at radius 2 is 2.00 bits per heavy atom. The summed E-state index contributed by atoms with van der Waals surface area (Å²) in [7, 11) is 1.03. The molecule has 0 aromatic heterocycles. The Morgan fingerprint density at radius 1 is 1.50 bits per heavy atom. The summed E-state index contributed by atoms with van der Waals surface area (Å²) in [6.07, 6.45) is -4.22. The van der Waals surface area contributed by atoms with E-state index in [1.807, 2.05) is 0 Å². The maximum Gasteiger partial charge on any atom is 0.412 e. The summed E-state index contributed by atoms with van der Waals surface area (Å²) in [6, 6.07) is 0. The number of allylic oxidation sites excluding steroid dienone is 1. The number of carbonyl (C=O) groups is 1. The van der Waals surface area contributed by atoms with E-state index >= 15 is 0 Å². The van der Waals surface area contributed by atoms with Gasteiger partial charge in [-0.25, -0.2) is 4.79 Å². The molecule has 0 aliphatic rings. The molecule has 0 atom stereocenters. The maximum atomic E-state index is 11.9. The second kappa shape index (κ2) is 4.13. The Bertz CT molecular complexity index is 193. The van der Waals surface area contributed by atoms with E-state index in [2.05, 4.69) is 4.74 Å². The van der Waals surface area contributed by atoms with Gasteiger partial charge in [0.25, 0.3) is 0 Å². The molecule has 0 saturated carbocycles. The Hall–Kier alpha value is -1.00. The Kier molecular flexibility index (Phi) is 3.79. The van der Waals surface area contributed by atoms with Gasteiger partial charge in [0, 0.05) is 11.6 Å². The van der Waals surface area contributed by atoms with Crippen molar-refractivity contribution in [2.45, 2.75) is 19.5 Å². The van der Waals surface area contributed by atoms with Gasteiger partial charge in [-0.05, 0) is 6.42 Å². The van der Waals surface area contributed by atoms with Crippen LogP contribution in [0.15, 0.2) is 11.6 Å². The highest BCUT2D eigenvalue weighted by Crippen LogP contribution is 2.27. The lowest BCUT2D eigenvalue weighted by Gasteiger charge is -2.07. The van der Waals surface area contributed by atoms with Gasteiger partial charge in [-0.15, -0.1) is 0 Å². The third-order valence-corrected chi connectivity index (χ3v) is 1.24. The minimum Gasteiger partial charge on any atom is -0.466 e. The predicted octanol–water partition coefficient (Wildman–Crippen LogP) is 2.06. The van der Waals surface area contributed by atoms with Gasteiger partial charge in [0.05, 0.1) is 7.11 Å². The fourth-order valence-corrected chi connectivity index (χ4v) is 0.586. The molecule has 0 heterocycles. The molecule has 12 heavy (non-hydrogen) atoms. The molecule has 5 heteroatoms. The second-order valence-corrected chi connectivity index (χ2v) is 2.04. The van der Waals surface area contributed by atoms with Crippen LogP contribution in [0.1, 0.15) is 13.3 Å². The van der Waals surface area contributed by atoms with Gasteiger partial charge >= 0.3 is 12.1 Å². The van der Waals surface area contributed by atoms with E-state index < -0.39 is 17.7 Å². The van der Waals surface area contributed by atoms with Gasteiger partial charge in [-0.3, -0.25) is 0 Å². The standard InChI is InChI=1S/C7H9F3O2/c1-3-5(7(8,9)10)4-6(11)12-2/h4H,3H2,1-2H3/b5-4-. The first-order chi connectivity index (χ1) is 5.41. The summed E-state index contributed by atoms with van der Waals surface area (Å²) in [5, 5.41) is 0. The van der Waals surface area contributed by atoms with Crippen LogP contribution in [0.25, 0.3) is 0 Å². The molecular formula is C7H9F3O2. The average Bonchev–Trinajstić information content (AvgIpc) is 1.97. The molecular weight excluding hydrogens is 173 g/mol. The average molecular weight is 182 g/mol. The van der Waals surface area contributed by atoms with Crippen molar-refractivity contribution in [2.24, 2.45) is 0 Å². The third-order valence-electron chi connectivity index (χ3n) is 1.24. The molecule has 0 aliphatic carbocycles. The Morgan fingerprint density at radius 3 is 2.25 bits per heavy atom. The second-order valence-electron chi connectivity index (χ2n) is 2.04. The van der Waals surface area contributed by atoms with E-state index in [1.165, 1.54) is 6.92 Å². The van der Waals surface area contributed by atoms with Crippen molar-refractivity contribution in [3.8, 4) is 0 Å². The number of carbonyl (C=O) groups excluding carboxylic acids is 1. The first-order valence-electron chi connectivity index (χ1n) is 3.27. The summed E-state index contributed by atoms with van der Waals surface area (Å²) in [5.74, 6) is -0.982. The van der Waals surface area contributed by atoms with Crippen LogP contribution in [0.5, 0.6) is 0 Å². The fourth-order valence-electron chi connectivity index (χ4n) is 0.586. The van der Waals surface area contributed by atoms with Crippen LogP contribution in [0, 0.1) is 0 Å². The number of ether oxygens (including phenoxy) is 1. The van der Waals surface area contributed by atoms with Crippen molar-refractivity contribution < 1.29 is 22.7 Å². The van der Waals surface area contributed by atoms with Crippen LogP contribution < -0.4 is 0 Å². The topological polar surface area (TPSA) is 26.3 Å². The minimum atomic E-state index is -4.44. The van der Waals surface area contributed by atoms with Crippen molar-refractivity contribution in [1.29, 1.82) is 0 Å². The van der Waals surface area contributed by atoms with Gasteiger partial charge in [-0.1, -0.05) is 6.92 Å². The lowest BCUT2D eigenvalue weighted by atomic mass is 10.2. The minimum absolute atomic E-state index is 0.237. The van der Waals surface area contributed by atoms with E-state index in [0.717, 1.165) is 7.11 Å². The zero-order valence-corrected chi connectivity index (χ0v) is 6.73. The predicted molar refractivity (Wildman–Crippen MR) is 36.4 cm³/mol. The zero-order valence-electron chi connectivity index (χ0n) is 6.73. The van der Waals surface area contributed by atoms with Crippen molar-refractivity contribution >= 4 is 5.97 Å². The van der Waals surface area contributed by atoms with Crippen molar-refractivity contribution in [3.63, 3.8) is 0 Å². The fraction of sp³-hybridized carbons (Fsp3) is 0.571. The molecule has 0 aromatic carbocycles. The van der Waals surface area contributed by atoms with E-state index in [-0.39, 0.29) is 6.42 Å². The van der Waals surface area contributed by atoms with Gasteiger partial charge in [0.15, 0.2) is 0 Å². The zero-order chi connectivity index (χ0) is 9.78. The van der Waals surface area contributed by atoms with Gasteiger partial charge < -0.3 is 4.74 Å². The van der Waals surface area contributed by atoms with Crippen molar-refractivity contribution in [2.75, 3.05) is 7.11 Å².